The molecule has 0 spiro atoms. The fourth-order valence-electron chi connectivity index (χ4n) is 4.38. The zero-order valence-corrected chi connectivity index (χ0v) is 13.8. The SMILES string of the molecule is C[C@]12OC[C@@H](c3ccccc3)N1CCC[C@@H]2Cc1ccccc1. The third kappa shape index (κ3) is 2.71. The largest absolute Gasteiger partial charge is 0.358 e. The van der Waals surface area contributed by atoms with E-state index in [0.29, 0.717) is 12.0 Å². The lowest BCUT2D eigenvalue weighted by Gasteiger charge is -2.46. The van der Waals surface area contributed by atoms with Crippen LogP contribution in [0, 0.1) is 5.92 Å². The first-order chi connectivity index (χ1) is 11.3. The van der Waals surface area contributed by atoms with Gasteiger partial charge in [0, 0.05) is 12.5 Å². The highest BCUT2D eigenvalue weighted by atomic mass is 16.5. The van der Waals surface area contributed by atoms with Gasteiger partial charge in [-0.25, -0.2) is 0 Å². The summed E-state index contributed by atoms with van der Waals surface area (Å²) in [5.41, 5.74) is 2.68. The van der Waals surface area contributed by atoms with Crippen molar-refractivity contribution in [3.05, 3.63) is 71.8 Å². The second-order valence-corrected chi connectivity index (χ2v) is 7.01. The molecule has 120 valence electrons. The van der Waals surface area contributed by atoms with Crippen LogP contribution >= 0.6 is 0 Å². The van der Waals surface area contributed by atoms with Gasteiger partial charge in [-0.05, 0) is 37.3 Å². The first-order valence-electron chi connectivity index (χ1n) is 8.77. The molecule has 2 fully saturated rings. The Morgan fingerprint density at radius 2 is 1.74 bits per heavy atom. The number of ether oxygens (including phenoxy) is 1. The van der Waals surface area contributed by atoms with Crippen LogP contribution in [0.4, 0.5) is 0 Å². The lowest BCUT2D eigenvalue weighted by Crippen LogP contribution is -2.53. The number of piperidine rings is 1. The Morgan fingerprint density at radius 1 is 1.04 bits per heavy atom. The molecule has 2 heteroatoms. The van der Waals surface area contributed by atoms with Crippen LogP contribution in [0.1, 0.15) is 36.9 Å². The summed E-state index contributed by atoms with van der Waals surface area (Å²) in [6.07, 6.45) is 3.62. The van der Waals surface area contributed by atoms with Gasteiger partial charge in [-0.15, -0.1) is 0 Å². The van der Waals surface area contributed by atoms with Gasteiger partial charge in [0.15, 0.2) is 0 Å². The molecule has 2 saturated heterocycles. The zero-order chi connectivity index (χ0) is 15.7. The molecule has 4 rings (SSSR count). The van der Waals surface area contributed by atoms with Gasteiger partial charge in [-0.2, -0.15) is 0 Å². The van der Waals surface area contributed by atoms with Gasteiger partial charge in [-0.3, -0.25) is 4.90 Å². The van der Waals surface area contributed by atoms with Gasteiger partial charge in [0.05, 0.1) is 12.6 Å². The summed E-state index contributed by atoms with van der Waals surface area (Å²) in [5, 5.41) is 0. The minimum absolute atomic E-state index is 0.130. The van der Waals surface area contributed by atoms with Gasteiger partial charge in [-0.1, -0.05) is 60.7 Å². The van der Waals surface area contributed by atoms with Crippen LogP contribution in [0.15, 0.2) is 60.7 Å². The van der Waals surface area contributed by atoms with E-state index in [-0.39, 0.29) is 5.72 Å². The molecule has 3 atom stereocenters. The van der Waals surface area contributed by atoms with Gasteiger partial charge < -0.3 is 4.74 Å². The minimum Gasteiger partial charge on any atom is -0.358 e. The van der Waals surface area contributed by atoms with Gasteiger partial charge in [0.2, 0.25) is 0 Å². The molecular formula is C21H25NO. The highest BCUT2D eigenvalue weighted by molar-refractivity contribution is 5.22. The predicted molar refractivity (Wildman–Crippen MR) is 93.1 cm³/mol. The second-order valence-electron chi connectivity index (χ2n) is 7.01. The Labute approximate surface area is 139 Å². The molecule has 2 aliphatic rings. The van der Waals surface area contributed by atoms with Crippen molar-refractivity contribution in [1.29, 1.82) is 0 Å². The first-order valence-corrected chi connectivity index (χ1v) is 8.77. The molecule has 0 amide bonds. The third-order valence-electron chi connectivity index (χ3n) is 5.70. The number of nitrogens with zero attached hydrogens (tertiary/aromatic N) is 1. The van der Waals surface area contributed by atoms with Crippen LogP contribution in [0.3, 0.4) is 0 Å². The highest BCUT2D eigenvalue weighted by Gasteiger charge is 2.51. The van der Waals surface area contributed by atoms with Crippen LogP contribution in [0.2, 0.25) is 0 Å². The van der Waals surface area contributed by atoms with E-state index in [9.17, 15) is 0 Å². The van der Waals surface area contributed by atoms with Crippen molar-refractivity contribution < 1.29 is 4.74 Å². The minimum atomic E-state index is -0.130. The number of fused-ring (bicyclic) bond motifs is 1. The van der Waals surface area contributed by atoms with E-state index in [4.69, 9.17) is 4.74 Å². The molecular weight excluding hydrogens is 282 g/mol. The van der Waals surface area contributed by atoms with E-state index in [1.165, 1.54) is 24.0 Å². The Hall–Kier alpha value is -1.64. The second kappa shape index (κ2) is 6.10. The summed E-state index contributed by atoms with van der Waals surface area (Å²) in [6.45, 7) is 4.26. The summed E-state index contributed by atoms with van der Waals surface area (Å²) in [5.74, 6) is 0.562. The normalized spacial score (nSPS) is 31.0. The molecule has 2 nitrogen and oxygen atoms in total. The van der Waals surface area contributed by atoms with Gasteiger partial charge >= 0.3 is 0 Å². The molecule has 2 aliphatic heterocycles. The van der Waals surface area contributed by atoms with Crippen molar-refractivity contribution in [3.8, 4) is 0 Å². The number of hydrogen-bond acceptors (Lipinski definition) is 2. The van der Waals surface area contributed by atoms with Gasteiger partial charge in [0.1, 0.15) is 5.72 Å². The number of rotatable bonds is 3. The summed E-state index contributed by atoms with van der Waals surface area (Å²) in [7, 11) is 0. The monoisotopic (exact) mass is 307 g/mol. The molecule has 0 N–H and O–H groups in total. The van der Waals surface area contributed by atoms with Crippen molar-refractivity contribution in [1.82, 2.24) is 4.90 Å². The molecule has 2 aromatic carbocycles. The Kier molecular flexibility index (Phi) is 3.96. The Balaban J connectivity index is 1.58. The van der Waals surface area contributed by atoms with Crippen LogP contribution in [-0.2, 0) is 11.2 Å². The summed E-state index contributed by atoms with van der Waals surface area (Å²) in [6, 6.07) is 22.1. The lowest BCUT2D eigenvalue weighted by molar-refractivity contribution is -0.134. The van der Waals surface area contributed by atoms with E-state index >= 15 is 0 Å². The van der Waals surface area contributed by atoms with Crippen LogP contribution < -0.4 is 0 Å². The predicted octanol–water partition coefficient (Wildman–Crippen LogP) is 4.43. The standard InChI is InChI=1S/C21H25NO/c1-21-19(15-17-9-4-2-5-10-17)13-8-14-22(21)20(16-23-21)18-11-6-3-7-12-18/h2-7,9-12,19-20H,8,13-16H2,1H3/t19-,20+,21-/m1/s1. The summed E-state index contributed by atoms with van der Waals surface area (Å²) < 4.78 is 6.42. The molecule has 2 aromatic rings. The molecule has 0 aromatic heterocycles. The van der Waals surface area contributed by atoms with E-state index in [0.717, 1.165) is 19.6 Å². The Morgan fingerprint density at radius 3 is 2.48 bits per heavy atom. The fourth-order valence-corrected chi connectivity index (χ4v) is 4.38. The maximum atomic E-state index is 6.42. The lowest BCUT2D eigenvalue weighted by atomic mass is 9.82. The number of benzene rings is 2. The van der Waals surface area contributed by atoms with Crippen LogP contribution in [-0.4, -0.2) is 23.8 Å². The third-order valence-corrected chi connectivity index (χ3v) is 5.70. The van der Waals surface area contributed by atoms with E-state index in [2.05, 4.69) is 72.5 Å². The molecule has 23 heavy (non-hydrogen) atoms. The van der Waals surface area contributed by atoms with Crippen molar-refractivity contribution in [3.63, 3.8) is 0 Å². The average Bonchev–Trinajstić information content (AvgIpc) is 2.95. The smallest absolute Gasteiger partial charge is 0.122 e. The molecule has 0 bridgehead atoms. The van der Waals surface area contributed by atoms with Crippen molar-refractivity contribution in [2.24, 2.45) is 5.92 Å². The number of hydrogen-bond donors (Lipinski definition) is 0. The maximum absolute atomic E-state index is 6.42. The maximum Gasteiger partial charge on any atom is 0.122 e. The van der Waals surface area contributed by atoms with Crippen molar-refractivity contribution in [2.45, 2.75) is 38.0 Å². The summed E-state index contributed by atoms with van der Waals surface area (Å²) in [4.78, 5) is 2.61. The van der Waals surface area contributed by atoms with Crippen molar-refractivity contribution >= 4 is 0 Å². The van der Waals surface area contributed by atoms with Crippen molar-refractivity contribution in [2.75, 3.05) is 13.2 Å². The first kappa shape index (κ1) is 14.9. The summed E-state index contributed by atoms with van der Waals surface area (Å²) >= 11 is 0. The Bertz CT molecular complexity index is 641. The molecule has 0 radical (unpaired) electrons. The van der Waals surface area contributed by atoms with E-state index < -0.39 is 0 Å². The highest BCUT2D eigenvalue weighted by Crippen LogP contribution is 2.46. The molecule has 0 saturated carbocycles. The van der Waals surface area contributed by atoms with Crippen LogP contribution in [0.5, 0.6) is 0 Å². The zero-order valence-electron chi connectivity index (χ0n) is 13.8. The quantitative estimate of drug-likeness (QED) is 0.832. The average molecular weight is 307 g/mol. The fraction of sp³-hybridized carbons (Fsp3) is 0.429. The van der Waals surface area contributed by atoms with E-state index in [1.54, 1.807) is 0 Å². The van der Waals surface area contributed by atoms with E-state index in [1.807, 2.05) is 0 Å². The molecule has 0 aliphatic carbocycles. The van der Waals surface area contributed by atoms with Crippen LogP contribution in [0.25, 0.3) is 0 Å². The molecule has 2 heterocycles. The molecule has 0 unspecified atom stereocenters. The van der Waals surface area contributed by atoms with Gasteiger partial charge in [0.25, 0.3) is 0 Å². The topological polar surface area (TPSA) is 12.5 Å².